The van der Waals surface area contributed by atoms with Gasteiger partial charge in [0.15, 0.2) is 9.84 Å². The van der Waals surface area contributed by atoms with Gasteiger partial charge in [0.25, 0.3) is 0 Å². The topological polar surface area (TPSA) is 54.4 Å². The van der Waals surface area contributed by atoms with Crippen LogP contribution >= 0.6 is 0 Å². The number of sulfone groups is 1. The van der Waals surface area contributed by atoms with E-state index in [-0.39, 0.29) is 17.3 Å². The predicted molar refractivity (Wildman–Crippen MR) is 44.4 cm³/mol. The summed E-state index contributed by atoms with van der Waals surface area (Å²) in [6.07, 6.45) is 0. The number of benzene rings is 1. The van der Waals surface area contributed by atoms with E-state index >= 15 is 0 Å². The van der Waals surface area contributed by atoms with Crippen molar-refractivity contribution in [3.63, 3.8) is 0 Å². The van der Waals surface area contributed by atoms with Gasteiger partial charge >= 0.3 is 0 Å². The summed E-state index contributed by atoms with van der Waals surface area (Å²) < 4.78 is 22.5. The third-order valence-corrected chi connectivity index (χ3v) is 3.02. The normalized spacial score (nSPS) is 11.4. The SMILES string of the molecule is O=S(=O)(CCO)c1[c]cccc1. The van der Waals surface area contributed by atoms with Crippen LogP contribution in [0.3, 0.4) is 0 Å². The van der Waals surface area contributed by atoms with Crippen LogP contribution in [0.15, 0.2) is 29.2 Å². The van der Waals surface area contributed by atoms with Crippen LogP contribution in [-0.4, -0.2) is 25.9 Å². The Labute approximate surface area is 71.6 Å². The average molecular weight is 185 g/mol. The molecule has 1 radical (unpaired) electrons. The lowest BCUT2D eigenvalue weighted by Gasteiger charge is -1.99. The van der Waals surface area contributed by atoms with E-state index < -0.39 is 9.84 Å². The molecule has 0 spiro atoms. The van der Waals surface area contributed by atoms with E-state index in [1.807, 2.05) is 0 Å². The molecule has 0 saturated heterocycles. The van der Waals surface area contributed by atoms with Crippen molar-refractivity contribution in [2.24, 2.45) is 0 Å². The highest BCUT2D eigenvalue weighted by atomic mass is 32.2. The van der Waals surface area contributed by atoms with Crippen molar-refractivity contribution >= 4 is 9.84 Å². The maximum Gasteiger partial charge on any atom is 0.181 e. The van der Waals surface area contributed by atoms with Crippen LogP contribution in [0.2, 0.25) is 0 Å². The molecule has 0 unspecified atom stereocenters. The zero-order valence-corrected chi connectivity index (χ0v) is 7.21. The van der Waals surface area contributed by atoms with E-state index in [0.717, 1.165) is 0 Å². The van der Waals surface area contributed by atoms with Gasteiger partial charge in [0.05, 0.1) is 17.3 Å². The largest absolute Gasteiger partial charge is 0.395 e. The maximum absolute atomic E-state index is 11.2. The Balaban J connectivity index is 2.99. The predicted octanol–water partition coefficient (Wildman–Crippen LogP) is 0.253. The molecule has 0 aliphatic rings. The highest BCUT2D eigenvalue weighted by Crippen LogP contribution is 2.08. The second kappa shape index (κ2) is 3.69. The van der Waals surface area contributed by atoms with Gasteiger partial charge in [-0.3, -0.25) is 0 Å². The molecule has 0 aromatic heterocycles. The first-order valence-electron chi connectivity index (χ1n) is 3.47. The Morgan fingerprint density at radius 2 is 2.17 bits per heavy atom. The van der Waals surface area contributed by atoms with Crippen molar-refractivity contribution in [1.29, 1.82) is 0 Å². The van der Waals surface area contributed by atoms with Crippen LogP contribution in [0, 0.1) is 6.07 Å². The minimum atomic E-state index is -3.32. The molecule has 1 rings (SSSR count). The fourth-order valence-electron chi connectivity index (χ4n) is 0.800. The fourth-order valence-corrected chi connectivity index (χ4v) is 1.79. The van der Waals surface area contributed by atoms with Crippen molar-refractivity contribution in [2.45, 2.75) is 4.90 Å². The summed E-state index contributed by atoms with van der Waals surface area (Å²) in [5, 5.41) is 8.47. The average Bonchev–Trinajstić information content (AvgIpc) is 2.06. The summed E-state index contributed by atoms with van der Waals surface area (Å²) in [6.45, 7) is -0.356. The Morgan fingerprint density at radius 3 is 2.67 bits per heavy atom. The molecule has 0 atom stereocenters. The number of rotatable bonds is 3. The second-order valence-electron chi connectivity index (χ2n) is 2.27. The molecule has 0 amide bonds. The highest BCUT2D eigenvalue weighted by molar-refractivity contribution is 7.91. The Hall–Kier alpha value is -0.870. The van der Waals surface area contributed by atoms with Crippen molar-refractivity contribution in [3.05, 3.63) is 30.3 Å². The highest BCUT2D eigenvalue weighted by Gasteiger charge is 2.12. The maximum atomic E-state index is 11.2. The molecule has 3 nitrogen and oxygen atoms in total. The molecule has 0 fully saturated rings. The first-order valence-corrected chi connectivity index (χ1v) is 5.12. The molecule has 1 N–H and O–H groups in total. The molecular weight excluding hydrogens is 176 g/mol. The van der Waals surface area contributed by atoms with Crippen LogP contribution in [-0.2, 0) is 9.84 Å². The first-order chi connectivity index (χ1) is 5.67. The van der Waals surface area contributed by atoms with Crippen molar-refractivity contribution in [1.82, 2.24) is 0 Å². The van der Waals surface area contributed by atoms with E-state index in [0.29, 0.717) is 0 Å². The standard InChI is InChI=1S/C8H9O3S/c9-6-7-12(10,11)8-4-2-1-3-5-8/h1-4,9H,6-7H2. The number of aliphatic hydroxyl groups excluding tert-OH is 1. The van der Waals surface area contributed by atoms with Crippen molar-refractivity contribution in [3.8, 4) is 0 Å². The third kappa shape index (κ3) is 2.06. The van der Waals surface area contributed by atoms with Gasteiger partial charge in [0.1, 0.15) is 0 Å². The lowest BCUT2D eigenvalue weighted by atomic mass is 10.4. The zero-order chi connectivity index (χ0) is 9.03. The monoisotopic (exact) mass is 185 g/mol. The lowest BCUT2D eigenvalue weighted by molar-refractivity contribution is 0.319. The molecule has 4 heteroatoms. The first kappa shape index (κ1) is 9.22. The molecule has 1 aromatic carbocycles. The Morgan fingerprint density at radius 1 is 1.42 bits per heavy atom. The third-order valence-electron chi connectivity index (χ3n) is 1.38. The van der Waals surface area contributed by atoms with Crippen LogP contribution in [0.4, 0.5) is 0 Å². The van der Waals surface area contributed by atoms with Crippen LogP contribution in [0.1, 0.15) is 0 Å². The minimum Gasteiger partial charge on any atom is -0.395 e. The molecule has 1 aromatic rings. The van der Waals surface area contributed by atoms with Gasteiger partial charge in [-0.25, -0.2) is 8.42 Å². The van der Waals surface area contributed by atoms with Crippen molar-refractivity contribution < 1.29 is 13.5 Å². The van der Waals surface area contributed by atoms with E-state index in [1.54, 1.807) is 12.1 Å². The Kier molecular flexibility index (Phi) is 2.83. The molecule has 0 aliphatic carbocycles. The van der Waals surface area contributed by atoms with E-state index in [4.69, 9.17) is 5.11 Å². The number of hydrogen-bond donors (Lipinski definition) is 1. The van der Waals surface area contributed by atoms with Crippen molar-refractivity contribution in [2.75, 3.05) is 12.4 Å². The van der Waals surface area contributed by atoms with E-state index in [9.17, 15) is 8.42 Å². The van der Waals surface area contributed by atoms with Gasteiger partial charge in [-0.1, -0.05) is 18.2 Å². The van der Waals surface area contributed by atoms with Gasteiger partial charge in [-0.05, 0) is 6.07 Å². The molecule has 0 bridgehead atoms. The minimum absolute atomic E-state index is 0.138. The van der Waals surface area contributed by atoms with Gasteiger partial charge in [-0.2, -0.15) is 0 Å². The van der Waals surface area contributed by atoms with E-state index in [2.05, 4.69) is 6.07 Å². The summed E-state index contributed by atoms with van der Waals surface area (Å²) in [7, 11) is -3.32. The smallest absolute Gasteiger partial charge is 0.181 e. The zero-order valence-electron chi connectivity index (χ0n) is 6.40. The molecule has 12 heavy (non-hydrogen) atoms. The molecule has 65 valence electrons. The molecule has 0 heterocycles. The van der Waals surface area contributed by atoms with Crippen LogP contribution in [0.5, 0.6) is 0 Å². The summed E-state index contributed by atoms with van der Waals surface area (Å²) in [5.41, 5.74) is 0. The summed E-state index contributed by atoms with van der Waals surface area (Å²) >= 11 is 0. The van der Waals surface area contributed by atoms with Crippen LogP contribution < -0.4 is 0 Å². The summed E-state index contributed by atoms with van der Waals surface area (Å²) in [5.74, 6) is -0.243. The lowest BCUT2D eigenvalue weighted by Crippen LogP contribution is -2.09. The van der Waals surface area contributed by atoms with Gasteiger partial charge in [-0.15, -0.1) is 0 Å². The quantitative estimate of drug-likeness (QED) is 0.734. The second-order valence-corrected chi connectivity index (χ2v) is 4.35. The van der Waals surface area contributed by atoms with Crippen LogP contribution in [0.25, 0.3) is 0 Å². The number of hydrogen-bond acceptors (Lipinski definition) is 3. The van der Waals surface area contributed by atoms with E-state index in [1.165, 1.54) is 12.1 Å². The molecule has 0 aliphatic heterocycles. The fraction of sp³-hybridized carbons (Fsp3) is 0.250. The molecular formula is C8H9O3S. The van der Waals surface area contributed by atoms with Gasteiger partial charge in [0.2, 0.25) is 0 Å². The number of aliphatic hydroxyl groups is 1. The van der Waals surface area contributed by atoms with Gasteiger partial charge < -0.3 is 5.11 Å². The summed E-state index contributed by atoms with van der Waals surface area (Å²) in [6, 6.07) is 8.91. The Bertz CT molecular complexity index is 329. The van der Waals surface area contributed by atoms with Gasteiger partial charge in [0, 0.05) is 6.07 Å². The molecule has 0 saturated carbocycles. The summed E-state index contributed by atoms with van der Waals surface area (Å²) in [4.78, 5) is 0.138.